The fraction of sp³-hybridized carbons (Fsp3) is 1.00. The van der Waals surface area contributed by atoms with E-state index in [1.165, 1.54) is 44.9 Å². The summed E-state index contributed by atoms with van der Waals surface area (Å²) < 4.78 is 4.51. The van der Waals surface area contributed by atoms with Crippen molar-refractivity contribution in [3.63, 3.8) is 0 Å². The molecule has 0 aliphatic heterocycles. The number of hydrogen-bond donors (Lipinski definition) is 3. The predicted molar refractivity (Wildman–Crippen MR) is 66.8 cm³/mol. The molecule has 96 valence electrons. The lowest BCUT2D eigenvalue weighted by Crippen LogP contribution is -2.26. The van der Waals surface area contributed by atoms with Crippen LogP contribution in [-0.4, -0.2) is 30.6 Å². The Kier molecular flexibility index (Phi) is 12.9. The molecule has 5 heteroatoms. The fourth-order valence-corrected chi connectivity index (χ4v) is 1.59. The molecule has 0 fully saturated rings. The summed E-state index contributed by atoms with van der Waals surface area (Å²) in [7, 11) is -1.66. The summed E-state index contributed by atoms with van der Waals surface area (Å²) in [5.74, 6) is 0. The molecular formula is C11H26BNO3. The van der Waals surface area contributed by atoms with Crippen molar-refractivity contribution < 1.29 is 14.7 Å². The van der Waals surface area contributed by atoms with E-state index in [9.17, 15) is 0 Å². The molecule has 0 radical (unpaired) electrons. The standard InChI is InChI=1S/C11H26BNO3/c1-2-3-4-5-6-7-8-9-10-13-11-16-12(14)15/h13-15H,2-11H2,1H3. The van der Waals surface area contributed by atoms with E-state index in [0.29, 0.717) is 0 Å². The smallest absolute Gasteiger partial charge is 0.402 e. The van der Waals surface area contributed by atoms with Gasteiger partial charge in [0, 0.05) is 0 Å². The minimum absolute atomic E-state index is 0.203. The lowest BCUT2D eigenvalue weighted by molar-refractivity contribution is 0.171. The van der Waals surface area contributed by atoms with Crippen molar-refractivity contribution in [2.75, 3.05) is 13.3 Å². The topological polar surface area (TPSA) is 61.7 Å². The number of nitrogens with one attached hydrogen (secondary N) is 1. The van der Waals surface area contributed by atoms with Crippen molar-refractivity contribution in [3.8, 4) is 0 Å². The monoisotopic (exact) mass is 231 g/mol. The Hall–Kier alpha value is -0.0951. The number of unbranched alkanes of at least 4 members (excludes halogenated alkanes) is 7. The van der Waals surface area contributed by atoms with Crippen LogP contribution in [0.1, 0.15) is 58.3 Å². The highest BCUT2D eigenvalue weighted by Crippen LogP contribution is 2.07. The first-order valence-electron chi connectivity index (χ1n) is 6.45. The summed E-state index contributed by atoms with van der Waals surface area (Å²) >= 11 is 0. The van der Waals surface area contributed by atoms with Gasteiger partial charge in [0.2, 0.25) is 0 Å². The third-order valence-corrected chi connectivity index (χ3v) is 2.54. The molecule has 0 atom stereocenters. The van der Waals surface area contributed by atoms with Crippen LogP contribution in [0.4, 0.5) is 0 Å². The summed E-state index contributed by atoms with van der Waals surface area (Å²) in [4.78, 5) is 0. The van der Waals surface area contributed by atoms with Gasteiger partial charge in [0.15, 0.2) is 0 Å². The van der Waals surface area contributed by atoms with Crippen LogP contribution < -0.4 is 5.32 Å². The Morgan fingerprint density at radius 3 is 2.06 bits per heavy atom. The molecule has 0 heterocycles. The van der Waals surface area contributed by atoms with Gasteiger partial charge in [-0.1, -0.05) is 51.9 Å². The molecule has 16 heavy (non-hydrogen) atoms. The summed E-state index contributed by atoms with van der Waals surface area (Å²) in [5, 5.41) is 19.8. The largest absolute Gasteiger partial charge is 0.634 e. The van der Waals surface area contributed by atoms with Gasteiger partial charge in [-0.25, -0.2) is 0 Å². The Morgan fingerprint density at radius 1 is 0.938 bits per heavy atom. The second-order valence-electron chi connectivity index (χ2n) is 4.11. The van der Waals surface area contributed by atoms with E-state index < -0.39 is 7.32 Å². The zero-order valence-electron chi connectivity index (χ0n) is 10.5. The maximum absolute atomic E-state index is 8.39. The van der Waals surface area contributed by atoms with E-state index in [1.807, 2.05) is 0 Å². The van der Waals surface area contributed by atoms with Gasteiger partial charge in [0.05, 0.1) is 6.73 Å². The molecule has 0 aliphatic rings. The van der Waals surface area contributed by atoms with Gasteiger partial charge in [0.25, 0.3) is 0 Å². The first kappa shape index (κ1) is 15.9. The van der Waals surface area contributed by atoms with Crippen molar-refractivity contribution in [1.29, 1.82) is 0 Å². The van der Waals surface area contributed by atoms with Crippen molar-refractivity contribution in [2.24, 2.45) is 0 Å². The molecule has 0 amide bonds. The Balaban J connectivity index is 2.88. The third-order valence-electron chi connectivity index (χ3n) is 2.54. The fourth-order valence-electron chi connectivity index (χ4n) is 1.59. The van der Waals surface area contributed by atoms with E-state index in [0.717, 1.165) is 13.0 Å². The van der Waals surface area contributed by atoms with Crippen LogP contribution in [0.15, 0.2) is 0 Å². The first-order chi connectivity index (χ1) is 7.77. The number of rotatable bonds is 12. The molecule has 0 saturated carbocycles. The second kappa shape index (κ2) is 13.0. The molecule has 0 aliphatic carbocycles. The van der Waals surface area contributed by atoms with Crippen molar-refractivity contribution in [3.05, 3.63) is 0 Å². The summed E-state index contributed by atoms with van der Waals surface area (Å²) in [6.45, 7) is 3.31. The highest BCUT2D eigenvalue weighted by atomic mass is 16.6. The molecule has 0 spiro atoms. The predicted octanol–water partition coefficient (Wildman–Crippen LogP) is 1.66. The summed E-state index contributed by atoms with van der Waals surface area (Å²) in [6.07, 6.45) is 10.4. The van der Waals surface area contributed by atoms with Crippen LogP contribution in [0, 0.1) is 0 Å². The van der Waals surface area contributed by atoms with Crippen molar-refractivity contribution in [2.45, 2.75) is 58.3 Å². The average molecular weight is 231 g/mol. The minimum Gasteiger partial charge on any atom is -0.402 e. The molecule has 0 aromatic rings. The highest BCUT2D eigenvalue weighted by molar-refractivity contribution is 6.32. The maximum Gasteiger partial charge on any atom is 0.634 e. The van der Waals surface area contributed by atoms with Gasteiger partial charge in [-0.05, 0) is 13.0 Å². The number of hydrogen-bond acceptors (Lipinski definition) is 4. The van der Waals surface area contributed by atoms with E-state index >= 15 is 0 Å². The van der Waals surface area contributed by atoms with E-state index in [2.05, 4.69) is 16.9 Å². The molecule has 0 aromatic heterocycles. The first-order valence-corrected chi connectivity index (χ1v) is 6.45. The SMILES string of the molecule is CCCCCCCCCCNCOB(O)O. The molecule has 0 bridgehead atoms. The summed E-state index contributed by atoms with van der Waals surface area (Å²) in [6, 6.07) is 0. The normalized spacial score (nSPS) is 10.7. The van der Waals surface area contributed by atoms with Crippen LogP contribution in [0.2, 0.25) is 0 Å². The van der Waals surface area contributed by atoms with Crippen LogP contribution in [0.25, 0.3) is 0 Å². The Morgan fingerprint density at radius 2 is 1.50 bits per heavy atom. The van der Waals surface area contributed by atoms with Crippen LogP contribution in [-0.2, 0) is 4.65 Å². The zero-order valence-corrected chi connectivity index (χ0v) is 10.5. The lowest BCUT2D eigenvalue weighted by atomic mass is 10.1. The second-order valence-corrected chi connectivity index (χ2v) is 4.11. The average Bonchev–Trinajstić information content (AvgIpc) is 2.25. The molecule has 0 unspecified atom stereocenters. The highest BCUT2D eigenvalue weighted by Gasteiger charge is 2.05. The van der Waals surface area contributed by atoms with Crippen LogP contribution >= 0.6 is 0 Å². The van der Waals surface area contributed by atoms with Crippen LogP contribution in [0.5, 0.6) is 0 Å². The zero-order chi connectivity index (χ0) is 12.1. The van der Waals surface area contributed by atoms with E-state index in [-0.39, 0.29) is 6.73 Å². The van der Waals surface area contributed by atoms with Crippen molar-refractivity contribution >= 4 is 7.32 Å². The van der Waals surface area contributed by atoms with E-state index in [4.69, 9.17) is 10.0 Å². The summed E-state index contributed by atoms with van der Waals surface area (Å²) in [5.41, 5.74) is 0. The van der Waals surface area contributed by atoms with Crippen molar-refractivity contribution in [1.82, 2.24) is 5.32 Å². The molecule has 3 N–H and O–H groups in total. The van der Waals surface area contributed by atoms with Crippen LogP contribution in [0.3, 0.4) is 0 Å². The molecule has 0 rings (SSSR count). The Bertz CT molecular complexity index is 136. The minimum atomic E-state index is -1.66. The van der Waals surface area contributed by atoms with Gasteiger partial charge in [-0.15, -0.1) is 0 Å². The quantitative estimate of drug-likeness (QED) is 0.271. The van der Waals surface area contributed by atoms with Gasteiger partial charge < -0.3 is 14.7 Å². The van der Waals surface area contributed by atoms with Gasteiger partial charge in [-0.3, -0.25) is 5.32 Å². The van der Waals surface area contributed by atoms with Gasteiger partial charge in [-0.2, -0.15) is 0 Å². The molecule has 0 aromatic carbocycles. The van der Waals surface area contributed by atoms with Gasteiger partial charge >= 0.3 is 7.32 Å². The lowest BCUT2D eigenvalue weighted by Gasteiger charge is -2.05. The Labute approximate surface area is 99.6 Å². The molecular weight excluding hydrogens is 205 g/mol. The third kappa shape index (κ3) is 13.9. The van der Waals surface area contributed by atoms with E-state index in [1.54, 1.807) is 0 Å². The molecule has 4 nitrogen and oxygen atoms in total. The molecule has 0 saturated heterocycles. The maximum atomic E-state index is 8.39. The van der Waals surface area contributed by atoms with Gasteiger partial charge in [0.1, 0.15) is 0 Å².